The van der Waals surface area contributed by atoms with Crippen LogP contribution >= 0.6 is 16.1 Å². The number of ketones is 1. The molecule has 34 heavy (non-hydrogen) atoms. The van der Waals surface area contributed by atoms with Crippen LogP contribution in [0.15, 0.2) is 58.1 Å². The van der Waals surface area contributed by atoms with Crippen LogP contribution in [-0.4, -0.2) is 33.7 Å². The van der Waals surface area contributed by atoms with Gasteiger partial charge >= 0.3 is 0 Å². The Morgan fingerprint density at radius 2 is 1.53 bits per heavy atom. The molecule has 1 aliphatic rings. The number of benzene rings is 2. The van der Waals surface area contributed by atoms with Gasteiger partial charge in [-0.25, -0.2) is 0 Å². The van der Waals surface area contributed by atoms with Gasteiger partial charge < -0.3 is 10.0 Å². The fraction of sp³-hybridized carbons (Fsp3) is 0.448. The Morgan fingerprint density at radius 1 is 1.00 bits per heavy atom. The molecule has 0 radical (unpaired) electrons. The zero-order valence-corrected chi connectivity index (χ0v) is 23.2. The molecular weight excluding hydrogens is 488 g/mol. The maximum absolute atomic E-state index is 13.7. The Morgan fingerprint density at radius 3 is 2.00 bits per heavy atom. The lowest BCUT2D eigenvalue weighted by Crippen LogP contribution is -2.45. The van der Waals surface area contributed by atoms with Gasteiger partial charge in [-0.1, -0.05) is 78.0 Å². The molecule has 2 aromatic rings. The number of carbonyl (C=O) groups is 1. The van der Waals surface area contributed by atoms with Gasteiger partial charge in [-0.05, 0) is 47.9 Å². The lowest BCUT2D eigenvalue weighted by molar-refractivity contribution is 0.0939. The van der Waals surface area contributed by atoms with Gasteiger partial charge in [0.2, 0.25) is 0 Å². The highest BCUT2D eigenvalue weighted by molar-refractivity contribution is 9.08. The fourth-order valence-electron chi connectivity index (χ4n) is 4.51. The van der Waals surface area contributed by atoms with Crippen molar-refractivity contribution in [3.05, 3.63) is 76.4 Å². The van der Waals surface area contributed by atoms with Gasteiger partial charge in [-0.2, -0.15) is 4.02 Å². The van der Waals surface area contributed by atoms with Gasteiger partial charge in [0.1, 0.15) is 11.6 Å². The third kappa shape index (κ3) is 5.46. The predicted molar refractivity (Wildman–Crippen MR) is 145 cm³/mol. The van der Waals surface area contributed by atoms with Crippen molar-refractivity contribution in [1.82, 2.24) is 4.90 Å². The molecule has 182 valence electrons. The molecule has 0 atom stereocenters. The molecular formula is C29H37BrN2O2. The average molecular weight is 526 g/mol. The summed E-state index contributed by atoms with van der Waals surface area (Å²) in [6.45, 7) is 16.8. The van der Waals surface area contributed by atoms with E-state index in [1.165, 1.54) is 5.56 Å². The topological polar surface area (TPSA) is 52.9 Å². The summed E-state index contributed by atoms with van der Waals surface area (Å²) >= 11 is 3.31. The van der Waals surface area contributed by atoms with Gasteiger partial charge in [-0.15, -0.1) is 0 Å². The van der Waals surface area contributed by atoms with Crippen molar-refractivity contribution < 1.29 is 9.90 Å². The molecule has 1 aliphatic heterocycles. The van der Waals surface area contributed by atoms with E-state index in [1.807, 2.05) is 30.3 Å². The Labute approximate surface area is 213 Å². The quantitative estimate of drug-likeness (QED) is 0.422. The Hall–Kier alpha value is -2.40. The molecule has 4 nitrogen and oxygen atoms in total. The summed E-state index contributed by atoms with van der Waals surface area (Å²) in [7, 11) is 0. The number of halogens is 1. The minimum atomic E-state index is -0.358. The molecule has 0 amide bonds. The molecule has 0 fully saturated rings. The Balaban J connectivity index is 1.96. The average Bonchev–Trinajstić information content (AvgIpc) is 2.95. The second-order valence-electron chi connectivity index (χ2n) is 11.8. The first-order valence-corrected chi connectivity index (χ1v) is 12.5. The van der Waals surface area contributed by atoms with Crippen molar-refractivity contribution in [2.45, 2.75) is 78.2 Å². The van der Waals surface area contributed by atoms with E-state index in [4.69, 9.17) is 0 Å². The van der Waals surface area contributed by atoms with E-state index < -0.39 is 0 Å². The molecule has 0 unspecified atom stereocenters. The fourth-order valence-corrected chi connectivity index (χ4v) is 4.93. The Kier molecular flexibility index (Phi) is 7.19. The summed E-state index contributed by atoms with van der Waals surface area (Å²) in [5.41, 5.74) is 3.56. The molecule has 0 bridgehead atoms. The van der Waals surface area contributed by atoms with E-state index in [0.717, 1.165) is 29.0 Å². The number of carbonyl (C=O) groups excluding carboxylic acids is 1. The minimum Gasteiger partial charge on any atom is -0.507 e. The number of phenolic OH excluding ortho intramolecular Hbond substituents is 1. The largest absolute Gasteiger partial charge is 0.507 e. The first kappa shape index (κ1) is 26.2. The maximum Gasteiger partial charge on any atom is 0.182 e. The van der Waals surface area contributed by atoms with Crippen LogP contribution in [0.5, 0.6) is 5.75 Å². The standard InChI is InChI=1S/C29H37BrN2O2/c1-27(2,3)22-15-20(16-23(25(22)34)28(4,5)6)24(33)18-32-26(31-30)21(17-29(32,7)8)14-19-12-10-9-11-13-19/h9-13,15-17,34H,14,18H2,1-8H3/b31-26-. The van der Waals surface area contributed by atoms with E-state index in [1.54, 1.807) is 0 Å². The third-order valence-electron chi connectivity index (χ3n) is 6.43. The normalized spacial score (nSPS) is 17.3. The lowest BCUT2D eigenvalue weighted by atomic mass is 9.78. The van der Waals surface area contributed by atoms with Gasteiger partial charge in [0.05, 0.1) is 28.2 Å². The molecule has 2 aromatic carbocycles. The summed E-state index contributed by atoms with van der Waals surface area (Å²) in [4.78, 5) is 15.7. The van der Waals surface area contributed by atoms with Crippen LogP contribution in [0.1, 0.15) is 82.4 Å². The first-order chi connectivity index (χ1) is 15.6. The predicted octanol–water partition coefficient (Wildman–Crippen LogP) is 7.14. The van der Waals surface area contributed by atoms with Crippen molar-refractivity contribution in [2.75, 3.05) is 6.54 Å². The number of phenols is 1. The molecule has 3 rings (SSSR count). The van der Waals surface area contributed by atoms with Crippen LogP contribution < -0.4 is 0 Å². The van der Waals surface area contributed by atoms with Gasteiger partial charge in [0.25, 0.3) is 0 Å². The molecule has 0 aliphatic carbocycles. The minimum absolute atomic E-state index is 0.00656. The number of amidine groups is 1. The van der Waals surface area contributed by atoms with Crippen LogP contribution in [0.25, 0.3) is 0 Å². The van der Waals surface area contributed by atoms with Crippen molar-refractivity contribution in [1.29, 1.82) is 0 Å². The zero-order valence-electron chi connectivity index (χ0n) is 21.7. The second kappa shape index (κ2) is 9.33. The number of hydrogen-bond acceptors (Lipinski definition) is 3. The summed E-state index contributed by atoms with van der Waals surface area (Å²) in [5, 5.41) is 11.0. The van der Waals surface area contributed by atoms with Crippen molar-refractivity contribution in [2.24, 2.45) is 4.02 Å². The maximum atomic E-state index is 13.7. The monoisotopic (exact) mass is 524 g/mol. The van der Waals surface area contributed by atoms with Crippen LogP contribution in [0.4, 0.5) is 0 Å². The SMILES string of the molecule is CC(C)(C)c1cc(C(=O)CN2/C(=N\Br)C(Cc3ccccc3)=CC2(C)C)cc(C(C)(C)C)c1O. The van der Waals surface area contributed by atoms with Crippen LogP contribution in [0.3, 0.4) is 0 Å². The van der Waals surface area contributed by atoms with Gasteiger partial charge in [0.15, 0.2) is 5.78 Å². The highest BCUT2D eigenvalue weighted by atomic mass is 79.9. The molecule has 0 saturated carbocycles. The van der Waals surface area contributed by atoms with E-state index in [-0.39, 0.29) is 34.4 Å². The molecule has 0 saturated heterocycles. The number of hydrogen-bond donors (Lipinski definition) is 1. The van der Waals surface area contributed by atoms with Crippen molar-refractivity contribution in [3.8, 4) is 5.75 Å². The molecule has 1 heterocycles. The van der Waals surface area contributed by atoms with E-state index in [2.05, 4.69) is 98.7 Å². The number of aromatic hydroxyl groups is 1. The summed E-state index contributed by atoms with van der Waals surface area (Å²) in [5.74, 6) is 1.08. The highest BCUT2D eigenvalue weighted by Crippen LogP contribution is 2.40. The van der Waals surface area contributed by atoms with E-state index in [9.17, 15) is 9.90 Å². The summed E-state index contributed by atoms with van der Waals surface area (Å²) in [6, 6.07) is 14.0. The van der Waals surface area contributed by atoms with Crippen molar-refractivity contribution >= 4 is 27.8 Å². The number of Topliss-reactive ketones (excluding diaryl/α,β-unsaturated/α-hetero) is 1. The van der Waals surface area contributed by atoms with E-state index >= 15 is 0 Å². The third-order valence-corrected chi connectivity index (χ3v) is 6.77. The highest BCUT2D eigenvalue weighted by Gasteiger charge is 2.38. The molecule has 1 N–H and O–H groups in total. The van der Waals surface area contributed by atoms with E-state index in [0.29, 0.717) is 5.56 Å². The number of nitrogens with zero attached hydrogens (tertiary/aromatic N) is 2. The molecule has 5 heteroatoms. The van der Waals surface area contributed by atoms with Crippen molar-refractivity contribution in [3.63, 3.8) is 0 Å². The van der Waals surface area contributed by atoms with Crippen LogP contribution in [0, 0.1) is 0 Å². The first-order valence-electron chi connectivity index (χ1n) is 11.8. The smallest absolute Gasteiger partial charge is 0.182 e. The summed E-state index contributed by atoms with van der Waals surface area (Å²) < 4.78 is 4.41. The number of rotatable bonds is 5. The lowest BCUT2D eigenvalue weighted by Gasteiger charge is -2.33. The second-order valence-corrected chi connectivity index (χ2v) is 12.2. The summed E-state index contributed by atoms with van der Waals surface area (Å²) in [6.07, 6.45) is 2.95. The van der Waals surface area contributed by atoms with Gasteiger partial charge in [0, 0.05) is 23.1 Å². The van der Waals surface area contributed by atoms with Gasteiger partial charge in [-0.3, -0.25) is 4.79 Å². The molecule has 0 aromatic heterocycles. The molecule has 0 spiro atoms. The zero-order chi connectivity index (χ0) is 25.5. The van der Waals surface area contributed by atoms with Crippen LogP contribution in [0.2, 0.25) is 0 Å². The van der Waals surface area contributed by atoms with Crippen LogP contribution in [-0.2, 0) is 17.3 Å². The Bertz CT molecular complexity index is 1100.